The highest BCUT2D eigenvalue weighted by atomic mass is 32.2. The van der Waals surface area contributed by atoms with Gasteiger partial charge < -0.3 is 4.90 Å². The lowest BCUT2D eigenvalue weighted by Crippen LogP contribution is -2.47. The van der Waals surface area contributed by atoms with Crippen molar-refractivity contribution < 1.29 is 13.2 Å². The normalized spacial score (nSPS) is 23.3. The van der Waals surface area contributed by atoms with Gasteiger partial charge in [-0.15, -0.1) is 10.2 Å². The summed E-state index contributed by atoms with van der Waals surface area (Å²) in [4.78, 5) is 19.4. The Morgan fingerprint density at radius 2 is 1.94 bits per heavy atom. The van der Waals surface area contributed by atoms with Gasteiger partial charge in [-0.2, -0.15) is 0 Å². The molecule has 0 radical (unpaired) electrons. The zero-order valence-electron chi connectivity index (χ0n) is 17.4. The van der Waals surface area contributed by atoms with Crippen molar-refractivity contribution in [2.45, 2.75) is 68.2 Å². The SMILES string of the molecule is O=C(CSc1nnc(-c2cccnc2)n1C1CC1)N(C1CCCC1)[C@@H]1CCS(=O)(=O)C1. The molecule has 10 heteroatoms. The van der Waals surface area contributed by atoms with Crippen molar-refractivity contribution in [1.82, 2.24) is 24.6 Å². The van der Waals surface area contributed by atoms with Crippen molar-refractivity contribution in [3.05, 3.63) is 24.5 Å². The molecule has 2 aliphatic carbocycles. The standard InChI is InChI=1S/C21H27N5O3S2/c27-19(25(16-5-1-2-6-16)18-9-11-31(28,29)14-18)13-30-21-24-23-20(26(21)17-7-8-17)15-4-3-10-22-12-15/h3-4,10,12,16-18H,1-2,5-9,11,13-14H2/t18-/m1/s1. The van der Waals surface area contributed by atoms with E-state index < -0.39 is 9.84 Å². The Labute approximate surface area is 186 Å². The van der Waals surface area contributed by atoms with Crippen LogP contribution in [0.25, 0.3) is 11.4 Å². The third kappa shape index (κ3) is 4.50. The Bertz CT molecular complexity index is 1050. The summed E-state index contributed by atoms with van der Waals surface area (Å²) >= 11 is 1.41. The van der Waals surface area contributed by atoms with Gasteiger partial charge in [0.2, 0.25) is 5.91 Å². The van der Waals surface area contributed by atoms with Gasteiger partial charge in [0.15, 0.2) is 20.8 Å². The maximum atomic E-state index is 13.3. The van der Waals surface area contributed by atoms with Crippen LogP contribution in [0.2, 0.25) is 0 Å². The van der Waals surface area contributed by atoms with Gasteiger partial charge in [0, 0.05) is 36.1 Å². The van der Waals surface area contributed by atoms with Gasteiger partial charge in [0.1, 0.15) is 0 Å². The first-order valence-corrected chi connectivity index (χ1v) is 13.8. The molecule has 1 atom stereocenters. The number of pyridine rings is 1. The lowest BCUT2D eigenvalue weighted by atomic mass is 10.1. The summed E-state index contributed by atoms with van der Waals surface area (Å²) < 4.78 is 26.2. The second kappa shape index (κ2) is 8.54. The highest BCUT2D eigenvalue weighted by Gasteiger charge is 2.39. The van der Waals surface area contributed by atoms with E-state index >= 15 is 0 Å². The summed E-state index contributed by atoms with van der Waals surface area (Å²) in [5, 5.41) is 9.53. The van der Waals surface area contributed by atoms with E-state index in [2.05, 4.69) is 19.7 Å². The number of nitrogens with zero attached hydrogens (tertiary/aromatic N) is 5. The van der Waals surface area contributed by atoms with Gasteiger partial charge in [0.25, 0.3) is 0 Å². The van der Waals surface area contributed by atoms with E-state index in [0.717, 1.165) is 55.1 Å². The third-order valence-electron chi connectivity index (χ3n) is 6.43. The molecule has 2 saturated carbocycles. The van der Waals surface area contributed by atoms with Crippen LogP contribution in [0.4, 0.5) is 0 Å². The van der Waals surface area contributed by atoms with Crippen molar-refractivity contribution in [1.29, 1.82) is 0 Å². The lowest BCUT2D eigenvalue weighted by Gasteiger charge is -2.34. The number of aromatic nitrogens is 4. The topological polar surface area (TPSA) is 98.1 Å². The number of carbonyl (C=O) groups excluding carboxylic acids is 1. The highest BCUT2D eigenvalue weighted by molar-refractivity contribution is 7.99. The maximum Gasteiger partial charge on any atom is 0.233 e. The van der Waals surface area contributed by atoms with Crippen LogP contribution in [0.1, 0.15) is 51.0 Å². The number of carbonyl (C=O) groups is 1. The minimum Gasteiger partial charge on any atom is -0.335 e. The molecule has 166 valence electrons. The van der Waals surface area contributed by atoms with E-state index in [4.69, 9.17) is 0 Å². The summed E-state index contributed by atoms with van der Waals surface area (Å²) in [6.45, 7) is 0. The van der Waals surface area contributed by atoms with Gasteiger partial charge >= 0.3 is 0 Å². The first-order chi connectivity index (χ1) is 15.0. The average Bonchev–Trinajstić information content (AvgIpc) is 3.14. The molecular formula is C21H27N5O3S2. The van der Waals surface area contributed by atoms with Gasteiger partial charge in [-0.05, 0) is 44.2 Å². The smallest absolute Gasteiger partial charge is 0.233 e. The number of hydrogen-bond acceptors (Lipinski definition) is 7. The molecule has 3 fully saturated rings. The molecule has 3 heterocycles. The van der Waals surface area contributed by atoms with Crippen LogP contribution >= 0.6 is 11.8 Å². The Morgan fingerprint density at radius 1 is 1.13 bits per heavy atom. The Morgan fingerprint density at radius 3 is 2.58 bits per heavy atom. The van der Waals surface area contributed by atoms with Crippen LogP contribution < -0.4 is 0 Å². The van der Waals surface area contributed by atoms with E-state index in [1.54, 1.807) is 12.4 Å². The van der Waals surface area contributed by atoms with Crippen LogP contribution in [-0.2, 0) is 14.6 Å². The third-order valence-corrected chi connectivity index (χ3v) is 9.11. The summed E-state index contributed by atoms with van der Waals surface area (Å²) in [5.74, 6) is 1.35. The number of thioether (sulfide) groups is 1. The second-order valence-electron chi connectivity index (χ2n) is 8.73. The number of rotatable bonds is 7. The van der Waals surface area contributed by atoms with Crippen molar-refractivity contribution >= 4 is 27.5 Å². The number of sulfone groups is 1. The van der Waals surface area contributed by atoms with Crippen LogP contribution in [0.15, 0.2) is 29.7 Å². The van der Waals surface area contributed by atoms with E-state index in [1.165, 1.54) is 11.8 Å². The molecule has 1 amide bonds. The summed E-state index contributed by atoms with van der Waals surface area (Å²) in [5.41, 5.74) is 0.920. The minimum absolute atomic E-state index is 0.0206. The van der Waals surface area contributed by atoms with Crippen molar-refractivity contribution in [3.63, 3.8) is 0 Å². The molecule has 1 saturated heterocycles. The zero-order chi connectivity index (χ0) is 21.4. The fraction of sp³-hybridized carbons (Fsp3) is 0.619. The molecule has 5 rings (SSSR count). The van der Waals surface area contributed by atoms with Gasteiger partial charge in [-0.3, -0.25) is 14.3 Å². The average molecular weight is 462 g/mol. The quantitative estimate of drug-likeness (QED) is 0.585. The zero-order valence-corrected chi connectivity index (χ0v) is 19.0. The van der Waals surface area contributed by atoms with Crippen molar-refractivity contribution in [2.24, 2.45) is 0 Å². The largest absolute Gasteiger partial charge is 0.335 e. The summed E-state index contributed by atoms with van der Waals surface area (Å²) in [6.07, 6.45) is 10.4. The molecule has 0 spiro atoms. The first-order valence-electron chi connectivity index (χ1n) is 11.0. The van der Waals surface area contributed by atoms with E-state index in [0.29, 0.717) is 12.5 Å². The maximum absolute atomic E-state index is 13.3. The number of hydrogen-bond donors (Lipinski definition) is 0. The molecule has 0 unspecified atom stereocenters. The predicted octanol–water partition coefficient (Wildman–Crippen LogP) is 2.73. The summed E-state index contributed by atoms with van der Waals surface area (Å²) in [6, 6.07) is 4.20. The Kier molecular flexibility index (Phi) is 5.76. The van der Waals surface area contributed by atoms with Gasteiger partial charge in [-0.25, -0.2) is 8.42 Å². The monoisotopic (exact) mass is 461 g/mol. The van der Waals surface area contributed by atoms with Crippen LogP contribution in [0.5, 0.6) is 0 Å². The van der Waals surface area contributed by atoms with Crippen LogP contribution in [0, 0.1) is 0 Å². The molecule has 1 aliphatic heterocycles. The van der Waals surface area contributed by atoms with Crippen LogP contribution in [-0.4, -0.2) is 68.3 Å². The molecule has 0 bridgehead atoms. The number of amides is 1. The molecular weight excluding hydrogens is 434 g/mol. The predicted molar refractivity (Wildman–Crippen MR) is 118 cm³/mol. The Balaban J connectivity index is 1.34. The van der Waals surface area contributed by atoms with E-state index in [1.807, 2.05) is 17.0 Å². The van der Waals surface area contributed by atoms with Gasteiger partial charge in [0.05, 0.1) is 17.3 Å². The Hall–Kier alpha value is -1.94. The fourth-order valence-electron chi connectivity index (χ4n) is 4.81. The van der Waals surface area contributed by atoms with Crippen molar-refractivity contribution in [3.8, 4) is 11.4 Å². The lowest BCUT2D eigenvalue weighted by molar-refractivity contribution is -0.132. The molecule has 2 aromatic heterocycles. The minimum atomic E-state index is -3.04. The second-order valence-corrected chi connectivity index (χ2v) is 11.9. The van der Waals surface area contributed by atoms with Crippen molar-refractivity contribution in [2.75, 3.05) is 17.3 Å². The highest BCUT2D eigenvalue weighted by Crippen LogP contribution is 2.41. The fourth-order valence-corrected chi connectivity index (χ4v) is 7.40. The van der Waals surface area contributed by atoms with Crippen LogP contribution in [0.3, 0.4) is 0 Å². The molecule has 0 aromatic carbocycles. The summed E-state index contributed by atoms with van der Waals surface area (Å²) in [7, 11) is -3.04. The molecule has 3 aliphatic rings. The molecule has 31 heavy (non-hydrogen) atoms. The van der Waals surface area contributed by atoms with E-state index in [9.17, 15) is 13.2 Å². The molecule has 2 aromatic rings. The first kappa shape index (κ1) is 20.9. The van der Waals surface area contributed by atoms with Gasteiger partial charge in [-0.1, -0.05) is 24.6 Å². The molecule has 0 N–H and O–H groups in total. The molecule has 8 nitrogen and oxygen atoms in total. The van der Waals surface area contributed by atoms with E-state index in [-0.39, 0.29) is 35.2 Å².